The third-order valence-corrected chi connectivity index (χ3v) is 3.38. The van der Waals surface area contributed by atoms with E-state index in [1.807, 2.05) is 31.2 Å². The minimum Gasteiger partial charge on any atom is -0.493 e. The first-order valence-electron chi connectivity index (χ1n) is 5.75. The highest BCUT2D eigenvalue weighted by Crippen LogP contribution is 2.16. The molecule has 1 aromatic heterocycles. The van der Waals surface area contributed by atoms with Gasteiger partial charge in [-0.3, -0.25) is 0 Å². The first kappa shape index (κ1) is 12.1. The van der Waals surface area contributed by atoms with Gasteiger partial charge in [0.05, 0.1) is 6.61 Å². The van der Waals surface area contributed by atoms with Gasteiger partial charge >= 0.3 is 0 Å². The molecule has 1 unspecified atom stereocenters. The third kappa shape index (κ3) is 3.58. The van der Waals surface area contributed by atoms with Crippen molar-refractivity contribution in [2.24, 2.45) is 5.73 Å². The van der Waals surface area contributed by atoms with Crippen molar-refractivity contribution in [2.75, 3.05) is 6.61 Å². The van der Waals surface area contributed by atoms with Gasteiger partial charge in [0, 0.05) is 12.5 Å². The molecule has 1 atom stereocenters. The van der Waals surface area contributed by atoms with Crippen LogP contribution in [-0.2, 0) is 6.42 Å². The van der Waals surface area contributed by atoms with E-state index in [-0.39, 0.29) is 6.04 Å². The van der Waals surface area contributed by atoms with Gasteiger partial charge in [-0.05, 0) is 47.0 Å². The summed E-state index contributed by atoms with van der Waals surface area (Å²) < 4.78 is 5.68. The Morgan fingerprint density at radius 2 is 2.00 bits per heavy atom. The van der Waals surface area contributed by atoms with Crippen molar-refractivity contribution in [3.8, 4) is 5.75 Å². The zero-order valence-electron chi connectivity index (χ0n) is 9.93. The monoisotopic (exact) mass is 247 g/mol. The molecule has 0 saturated heterocycles. The topological polar surface area (TPSA) is 35.2 Å². The summed E-state index contributed by atoms with van der Waals surface area (Å²) in [5.41, 5.74) is 8.26. The van der Waals surface area contributed by atoms with Crippen molar-refractivity contribution in [3.63, 3.8) is 0 Å². The number of benzene rings is 1. The molecule has 3 heteroatoms. The molecule has 0 aliphatic carbocycles. The normalized spacial score (nSPS) is 12.4. The van der Waals surface area contributed by atoms with Gasteiger partial charge in [-0.2, -0.15) is 11.3 Å². The summed E-state index contributed by atoms with van der Waals surface area (Å²) in [6.07, 6.45) is 0.957. The van der Waals surface area contributed by atoms with Crippen LogP contribution in [0.1, 0.15) is 24.1 Å². The average Bonchev–Trinajstić information content (AvgIpc) is 2.83. The summed E-state index contributed by atoms with van der Waals surface area (Å²) in [4.78, 5) is 0. The Hall–Kier alpha value is -1.32. The Kier molecular flexibility index (Phi) is 4.18. The molecule has 2 rings (SSSR count). The smallest absolute Gasteiger partial charge is 0.119 e. The van der Waals surface area contributed by atoms with Crippen molar-refractivity contribution >= 4 is 11.3 Å². The average molecular weight is 247 g/mol. The fraction of sp³-hybridized carbons (Fsp3) is 0.286. The Bertz CT molecular complexity index is 434. The van der Waals surface area contributed by atoms with E-state index in [1.165, 1.54) is 5.56 Å². The Morgan fingerprint density at radius 1 is 1.24 bits per heavy atom. The maximum absolute atomic E-state index is 5.79. The Morgan fingerprint density at radius 3 is 2.59 bits per heavy atom. The van der Waals surface area contributed by atoms with Gasteiger partial charge in [-0.1, -0.05) is 12.1 Å². The van der Waals surface area contributed by atoms with Crippen LogP contribution in [0.2, 0.25) is 0 Å². The molecule has 2 nitrogen and oxygen atoms in total. The van der Waals surface area contributed by atoms with Crippen LogP contribution in [0.5, 0.6) is 5.75 Å². The van der Waals surface area contributed by atoms with E-state index < -0.39 is 0 Å². The molecule has 90 valence electrons. The van der Waals surface area contributed by atoms with E-state index in [2.05, 4.69) is 16.8 Å². The largest absolute Gasteiger partial charge is 0.493 e. The lowest BCUT2D eigenvalue weighted by atomic mass is 10.1. The van der Waals surface area contributed by atoms with Crippen LogP contribution in [0.4, 0.5) is 0 Å². The minimum atomic E-state index is 0.0786. The highest BCUT2D eigenvalue weighted by molar-refractivity contribution is 7.07. The van der Waals surface area contributed by atoms with E-state index in [9.17, 15) is 0 Å². The molecule has 17 heavy (non-hydrogen) atoms. The van der Waals surface area contributed by atoms with E-state index in [0.29, 0.717) is 6.61 Å². The third-order valence-electron chi connectivity index (χ3n) is 2.65. The molecular formula is C14H17NOS. The molecule has 2 aromatic rings. The number of rotatable bonds is 5. The number of thiophene rings is 1. The van der Waals surface area contributed by atoms with Gasteiger partial charge in [0.2, 0.25) is 0 Å². The molecule has 0 aliphatic heterocycles. The Balaban J connectivity index is 1.83. The molecule has 1 heterocycles. The molecule has 0 fully saturated rings. The summed E-state index contributed by atoms with van der Waals surface area (Å²) in [6.45, 7) is 2.70. The first-order chi connectivity index (χ1) is 8.25. The first-order valence-corrected chi connectivity index (χ1v) is 6.69. The fourth-order valence-corrected chi connectivity index (χ4v) is 2.29. The summed E-state index contributed by atoms with van der Waals surface area (Å²) in [5.74, 6) is 0.907. The van der Waals surface area contributed by atoms with Gasteiger partial charge in [0.15, 0.2) is 0 Å². The van der Waals surface area contributed by atoms with Crippen molar-refractivity contribution in [2.45, 2.75) is 19.4 Å². The molecule has 0 aliphatic rings. The summed E-state index contributed by atoms with van der Waals surface area (Å²) in [6, 6.07) is 10.2. The van der Waals surface area contributed by atoms with Crippen molar-refractivity contribution in [1.29, 1.82) is 0 Å². The molecule has 0 saturated carbocycles. The second-order valence-corrected chi connectivity index (χ2v) is 4.87. The van der Waals surface area contributed by atoms with Crippen LogP contribution in [-0.4, -0.2) is 6.61 Å². The molecule has 0 bridgehead atoms. The SMILES string of the molecule is CC(N)c1ccc(OCCc2ccsc2)cc1. The number of ether oxygens (including phenoxy) is 1. The summed E-state index contributed by atoms with van der Waals surface area (Å²) in [7, 11) is 0. The fourth-order valence-electron chi connectivity index (χ4n) is 1.59. The van der Waals surface area contributed by atoms with Gasteiger partial charge in [0.1, 0.15) is 5.75 Å². The molecule has 2 N–H and O–H groups in total. The molecule has 0 radical (unpaired) electrons. The molecule has 0 spiro atoms. The van der Waals surface area contributed by atoms with Gasteiger partial charge < -0.3 is 10.5 Å². The van der Waals surface area contributed by atoms with E-state index >= 15 is 0 Å². The van der Waals surface area contributed by atoms with Gasteiger partial charge in [0.25, 0.3) is 0 Å². The lowest BCUT2D eigenvalue weighted by Gasteiger charge is -2.08. The number of hydrogen-bond acceptors (Lipinski definition) is 3. The lowest BCUT2D eigenvalue weighted by Crippen LogP contribution is -2.05. The molecular weight excluding hydrogens is 230 g/mol. The zero-order chi connectivity index (χ0) is 12.1. The highest BCUT2D eigenvalue weighted by Gasteiger charge is 2.00. The molecule has 0 amide bonds. The summed E-state index contributed by atoms with van der Waals surface area (Å²) >= 11 is 1.72. The van der Waals surface area contributed by atoms with Crippen LogP contribution in [0, 0.1) is 0 Å². The highest BCUT2D eigenvalue weighted by atomic mass is 32.1. The quantitative estimate of drug-likeness (QED) is 0.879. The Labute approximate surface area is 106 Å². The van der Waals surface area contributed by atoms with E-state index in [1.54, 1.807) is 11.3 Å². The van der Waals surface area contributed by atoms with Gasteiger partial charge in [-0.25, -0.2) is 0 Å². The van der Waals surface area contributed by atoms with Crippen molar-refractivity contribution in [3.05, 3.63) is 52.2 Å². The van der Waals surface area contributed by atoms with Crippen LogP contribution in [0.15, 0.2) is 41.1 Å². The van der Waals surface area contributed by atoms with Gasteiger partial charge in [-0.15, -0.1) is 0 Å². The number of nitrogens with two attached hydrogens (primary N) is 1. The predicted molar refractivity (Wildman–Crippen MR) is 72.6 cm³/mol. The van der Waals surface area contributed by atoms with Crippen LogP contribution < -0.4 is 10.5 Å². The lowest BCUT2D eigenvalue weighted by molar-refractivity contribution is 0.322. The van der Waals surface area contributed by atoms with Crippen molar-refractivity contribution in [1.82, 2.24) is 0 Å². The van der Waals surface area contributed by atoms with Crippen LogP contribution in [0.25, 0.3) is 0 Å². The van der Waals surface area contributed by atoms with Crippen molar-refractivity contribution < 1.29 is 4.74 Å². The van der Waals surface area contributed by atoms with Crippen LogP contribution >= 0.6 is 11.3 Å². The van der Waals surface area contributed by atoms with E-state index in [0.717, 1.165) is 17.7 Å². The second-order valence-electron chi connectivity index (χ2n) is 4.09. The molecule has 1 aromatic carbocycles. The second kappa shape index (κ2) is 5.84. The zero-order valence-corrected chi connectivity index (χ0v) is 10.7. The maximum atomic E-state index is 5.79. The minimum absolute atomic E-state index is 0.0786. The number of hydrogen-bond donors (Lipinski definition) is 1. The maximum Gasteiger partial charge on any atom is 0.119 e. The van der Waals surface area contributed by atoms with E-state index in [4.69, 9.17) is 10.5 Å². The van der Waals surface area contributed by atoms with Crippen LogP contribution in [0.3, 0.4) is 0 Å². The predicted octanol–water partition coefficient (Wildman–Crippen LogP) is 3.39. The summed E-state index contributed by atoms with van der Waals surface area (Å²) in [5, 5.41) is 4.25. The standard InChI is InChI=1S/C14H17NOS/c1-11(15)13-2-4-14(5-3-13)16-8-6-12-7-9-17-10-12/h2-5,7,9-11H,6,8,15H2,1H3.